The van der Waals surface area contributed by atoms with Gasteiger partial charge in [-0.05, 0) is 84.6 Å². The minimum absolute atomic E-state index is 0.00904. The van der Waals surface area contributed by atoms with Crippen molar-refractivity contribution < 1.29 is 53.1 Å². The molecule has 0 saturated carbocycles. The number of carboxylic acids is 1. The molecule has 52 heavy (non-hydrogen) atoms. The molecule has 12 nitrogen and oxygen atoms in total. The summed E-state index contributed by atoms with van der Waals surface area (Å²) in [5, 5.41) is 31.5. The SMILES string of the molecule is COc1ccc([C@H](Cc2c(Cl)c[n+](O)cc2Cl)c2c(CN(C(=O)O[C@H]3CN4CCC3CC4)c3ccccc3F)csc2C(=O)[O-])cc1OC.O=CO. The number of nitrogens with zero attached hydrogens (tertiary/aromatic N) is 3. The van der Waals surface area contributed by atoms with Crippen LogP contribution in [0.25, 0.3) is 0 Å². The maximum absolute atomic E-state index is 15.4. The van der Waals surface area contributed by atoms with E-state index in [9.17, 15) is 19.9 Å². The van der Waals surface area contributed by atoms with Gasteiger partial charge < -0.3 is 29.2 Å². The molecule has 2 aromatic heterocycles. The second kappa shape index (κ2) is 17.3. The standard InChI is InChI=1S/C35H34Cl2FN3O7S.CH2O2/c1-46-29-8-7-21(13-30(29)47-2)23(14-24-25(36)16-40(45)17-26(24)37)32-22(19-49-33(32)34(42)43)15-41(28-6-4-3-5-27(28)38)35(44)48-31-18-39-11-9-20(31)10-12-39;2-1-3/h3-8,13,16-17,19-20,23,31H,9-12,14-15,18H2,1-2H3,(H-,42,43,45);1H,(H,2,3)/t23-,31-;/m0./s1. The fourth-order valence-electron chi connectivity index (χ4n) is 6.79. The summed E-state index contributed by atoms with van der Waals surface area (Å²) < 4.78 is 33.2. The van der Waals surface area contributed by atoms with Gasteiger partial charge in [-0.3, -0.25) is 19.8 Å². The highest BCUT2D eigenvalue weighted by atomic mass is 35.5. The first-order valence-corrected chi connectivity index (χ1v) is 17.8. The predicted molar refractivity (Wildman–Crippen MR) is 188 cm³/mol. The zero-order chi connectivity index (χ0) is 37.5. The van der Waals surface area contributed by atoms with Crippen LogP contribution in [0.15, 0.2) is 60.2 Å². The van der Waals surface area contributed by atoms with Crippen LogP contribution in [0.1, 0.15) is 50.7 Å². The molecule has 2 bridgehead atoms. The topological polar surface area (TPSA) is 153 Å². The number of benzene rings is 2. The first kappa shape index (κ1) is 38.6. The Hall–Kier alpha value is -4.63. The summed E-state index contributed by atoms with van der Waals surface area (Å²) in [6.45, 7) is 2.04. The lowest BCUT2D eigenvalue weighted by Gasteiger charge is -2.44. The van der Waals surface area contributed by atoms with Crippen molar-refractivity contribution in [1.82, 2.24) is 4.90 Å². The highest BCUT2D eigenvalue weighted by Gasteiger charge is 2.38. The molecule has 0 radical (unpaired) electrons. The van der Waals surface area contributed by atoms with Crippen molar-refractivity contribution in [3.8, 4) is 11.5 Å². The molecule has 2 N–H and O–H groups in total. The van der Waals surface area contributed by atoms with Gasteiger partial charge >= 0.3 is 6.09 Å². The number of carbonyl (C=O) groups is 3. The second-order valence-corrected chi connectivity index (χ2v) is 13.9. The lowest BCUT2D eigenvalue weighted by atomic mass is 9.83. The van der Waals surface area contributed by atoms with Gasteiger partial charge in [0.2, 0.25) is 12.4 Å². The van der Waals surface area contributed by atoms with E-state index in [1.165, 1.54) is 49.7 Å². The van der Waals surface area contributed by atoms with Crippen molar-refractivity contribution in [2.45, 2.75) is 37.8 Å². The Morgan fingerprint density at radius 2 is 1.77 bits per heavy atom. The lowest BCUT2D eigenvalue weighted by Crippen LogP contribution is -2.53. The minimum atomic E-state index is -1.43. The van der Waals surface area contributed by atoms with Gasteiger partial charge in [0.05, 0.1) is 37.3 Å². The van der Waals surface area contributed by atoms with Crippen LogP contribution in [-0.4, -0.2) is 73.7 Å². The van der Waals surface area contributed by atoms with Crippen LogP contribution >= 0.6 is 34.5 Å². The Kier molecular flexibility index (Phi) is 12.8. The molecule has 16 heteroatoms. The third-order valence-corrected chi connectivity index (χ3v) is 10.9. The minimum Gasteiger partial charge on any atom is -0.544 e. The smallest absolute Gasteiger partial charge is 0.415 e. The number of piperidine rings is 3. The summed E-state index contributed by atoms with van der Waals surface area (Å²) in [5.41, 5.74) is 1.79. The molecule has 4 aromatic rings. The zero-order valence-electron chi connectivity index (χ0n) is 28.2. The van der Waals surface area contributed by atoms with E-state index in [-0.39, 0.29) is 52.1 Å². The van der Waals surface area contributed by atoms with Crippen molar-refractivity contribution in [1.29, 1.82) is 0 Å². The molecule has 0 spiro atoms. The van der Waals surface area contributed by atoms with Crippen LogP contribution < -0.4 is 24.2 Å². The number of aromatic nitrogens is 1. The summed E-state index contributed by atoms with van der Waals surface area (Å²) in [6.07, 6.45) is 3.35. The third-order valence-electron chi connectivity index (χ3n) is 9.27. The molecule has 0 aliphatic carbocycles. The largest absolute Gasteiger partial charge is 0.544 e. The Bertz CT molecular complexity index is 1900. The number of fused-ring (bicyclic) bond motifs is 3. The average molecular weight is 777 g/mol. The number of para-hydroxylation sites is 1. The summed E-state index contributed by atoms with van der Waals surface area (Å²) in [7, 11) is 2.98. The number of thiophene rings is 1. The number of pyridine rings is 1. The van der Waals surface area contributed by atoms with Gasteiger partial charge in [0.15, 0.2) is 11.5 Å². The van der Waals surface area contributed by atoms with Crippen molar-refractivity contribution in [3.05, 3.63) is 103 Å². The van der Waals surface area contributed by atoms with Crippen LogP contribution in [-0.2, 0) is 22.5 Å². The molecule has 7 rings (SSSR count). The number of anilines is 1. The molecule has 276 valence electrons. The van der Waals surface area contributed by atoms with Crippen molar-refractivity contribution in [2.24, 2.45) is 5.92 Å². The molecule has 0 unspecified atom stereocenters. The van der Waals surface area contributed by atoms with Gasteiger partial charge in [-0.15, -0.1) is 11.3 Å². The van der Waals surface area contributed by atoms with E-state index >= 15 is 4.39 Å². The number of hydrogen-bond acceptors (Lipinski definition) is 10. The van der Waals surface area contributed by atoms with Gasteiger partial charge in [-0.2, -0.15) is 0 Å². The number of hydrogen-bond donors (Lipinski definition) is 2. The first-order chi connectivity index (χ1) is 25.0. The molecular formula is C36H36Cl2FN3O9S. The Morgan fingerprint density at radius 1 is 1.12 bits per heavy atom. The second-order valence-electron chi connectivity index (χ2n) is 12.2. The van der Waals surface area contributed by atoms with Gasteiger partial charge in [-0.1, -0.05) is 41.4 Å². The van der Waals surface area contributed by atoms with Gasteiger partial charge in [0.25, 0.3) is 6.47 Å². The fraction of sp³-hybridized carbons (Fsp3) is 0.333. The summed E-state index contributed by atoms with van der Waals surface area (Å²) >= 11 is 14.1. The molecule has 5 heterocycles. The van der Waals surface area contributed by atoms with Crippen LogP contribution in [0.5, 0.6) is 11.5 Å². The summed E-state index contributed by atoms with van der Waals surface area (Å²) in [4.78, 5) is 38.4. The van der Waals surface area contributed by atoms with Crippen LogP contribution in [0.2, 0.25) is 10.0 Å². The van der Waals surface area contributed by atoms with Gasteiger partial charge in [-0.25, -0.2) is 9.18 Å². The van der Waals surface area contributed by atoms with E-state index in [1.54, 1.807) is 29.6 Å². The third kappa shape index (κ3) is 8.52. The van der Waals surface area contributed by atoms with Crippen molar-refractivity contribution in [2.75, 3.05) is 38.8 Å². The molecule has 1 amide bonds. The van der Waals surface area contributed by atoms with Crippen LogP contribution in [0, 0.1) is 11.7 Å². The number of aromatic carboxylic acids is 1. The monoisotopic (exact) mass is 775 g/mol. The van der Waals surface area contributed by atoms with E-state index < -0.39 is 23.8 Å². The van der Waals surface area contributed by atoms with E-state index in [1.807, 2.05) is 0 Å². The number of rotatable bonds is 11. The van der Waals surface area contributed by atoms with Crippen LogP contribution in [0.3, 0.4) is 0 Å². The number of methoxy groups -OCH3 is 2. The summed E-state index contributed by atoms with van der Waals surface area (Å²) in [5.74, 6) is -1.76. The van der Waals surface area contributed by atoms with Crippen molar-refractivity contribution >= 4 is 58.8 Å². The van der Waals surface area contributed by atoms with Gasteiger partial charge in [0.1, 0.15) is 22.0 Å². The number of halogens is 3. The molecule has 2 aromatic carbocycles. The Balaban J connectivity index is 0.00000168. The maximum Gasteiger partial charge on any atom is 0.415 e. The molecule has 3 aliphatic heterocycles. The molecule has 3 aliphatic rings. The number of ether oxygens (including phenoxy) is 3. The molecule has 3 saturated heterocycles. The lowest BCUT2D eigenvalue weighted by molar-refractivity contribution is -0.904. The van der Waals surface area contributed by atoms with E-state index in [2.05, 4.69) is 4.90 Å². The number of carboxylic acid groups (broad SMARTS) is 2. The molecule has 3 fully saturated rings. The van der Waals surface area contributed by atoms with Gasteiger partial charge in [0, 0.05) is 22.8 Å². The average Bonchev–Trinajstić information content (AvgIpc) is 3.55. The van der Waals surface area contributed by atoms with E-state index in [0.717, 1.165) is 42.0 Å². The summed E-state index contributed by atoms with van der Waals surface area (Å²) in [6, 6.07) is 11.1. The normalized spacial score (nSPS) is 18.1. The number of amides is 1. The number of carbonyl (C=O) groups excluding carboxylic acids is 2. The molecular weight excluding hydrogens is 740 g/mol. The van der Waals surface area contributed by atoms with E-state index in [0.29, 0.717) is 40.3 Å². The van der Waals surface area contributed by atoms with Crippen molar-refractivity contribution in [3.63, 3.8) is 0 Å². The predicted octanol–water partition coefficient (Wildman–Crippen LogP) is 5.41. The maximum atomic E-state index is 15.4. The van der Waals surface area contributed by atoms with E-state index in [4.69, 9.17) is 47.3 Å². The first-order valence-electron chi connectivity index (χ1n) is 16.1. The Labute approximate surface area is 313 Å². The highest BCUT2D eigenvalue weighted by molar-refractivity contribution is 7.12. The zero-order valence-corrected chi connectivity index (χ0v) is 30.5. The fourth-order valence-corrected chi connectivity index (χ4v) is 8.35. The Morgan fingerprint density at radius 3 is 2.35 bits per heavy atom. The molecule has 2 atom stereocenters. The highest BCUT2D eigenvalue weighted by Crippen LogP contribution is 2.42. The van der Waals surface area contributed by atoms with Crippen LogP contribution in [0.4, 0.5) is 14.9 Å². The quantitative estimate of drug-likeness (QED) is 0.115.